The zero-order valence-corrected chi connectivity index (χ0v) is 13.6. The molecule has 3 aromatic rings. The van der Waals surface area contributed by atoms with Crippen LogP contribution >= 0.6 is 0 Å². The Bertz CT molecular complexity index is 1010. The Morgan fingerprint density at radius 3 is 1.85 bits per heavy atom. The van der Waals surface area contributed by atoms with E-state index in [0.29, 0.717) is 5.56 Å². The van der Waals surface area contributed by atoms with E-state index in [1.54, 1.807) is 6.07 Å². The second kappa shape index (κ2) is 7.37. The average molecular weight is 342 g/mol. The number of benzene rings is 3. The summed E-state index contributed by atoms with van der Waals surface area (Å²) in [6, 6.07) is 21.3. The third-order valence-corrected chi connectivity index (χ3v) is 3.83. The molecule has 0 unspecified atom stereocenters. The van der Waals surface area contributed by atoms with Crippen LogP contribution in [0, 0.1) is 11.8 Å². The van der Waals surface area contributed by atoms with Gasteiger partial charge in [-0.3, -0.25) is 0 Å². The summed E-state index contributed by atoms with van der Waals surface area (Å²) in [5.74, 6) is 3.19. The lowest BCUT2D eigenvalue weighted by Gasteiger charge is -2.04. The van der Waals surface area contributed by atoms with Crippen LogP contribution in [0.3, 0.4) is 0 Å². The Labute approximate surface area is 150 Å². The molecule has 0 spiro atoms. The molecule has 0 aliphatic heterocycles. The fraction of sp³-hybridized carbons (Fsp3) is 0. The predicted octanol–water partition coefficient (Wildman–Crippen LogP) is 4.15. The van der Waals surface area contributed by atoms with Crippen LogP contribution in [0.4, 0.5) is 0 Å². The number of carboxylic acid groups (broad SMARTS) is 2. The molecule has 26 heavy (non-hydrogen) atoms. The molecule has 126 valence electrons. The average Bonchev–Trinajstić information content (AvgIpc) is 2.66. The topological polar surface area (TPSA) is 74.6 Å². The summed E-state index contributed by atoms with van der Waals surface area (Å²) in [6.45, 7) is 0. The minimum Gasteiger partial charge on any atom is -0.478 e. The molecule has 4 nitrogen and oxygen atoms in total. The summed E-state index contributed by atoms with van der Waals surface area (Å²) >= 11 is 0. The van der Waals surface area contributed by atoms with Gasteiger partial charge in [-0.15, -0.1) is 0 Å². The molecule has 0 atom stereocenters. The molecule has 0 radical (unpaired) electrons. The fourth-order valence-corrected chi connectivity index (χ4v) is 2.59. The normalized spacial score (nSPS) is 9.85. The van der Waals surface area contributed by atoms with Gasteiger partial charge in [0.25, 0.3) is 0 Å². The van der Waals surface area contributed by atoms with Crippen LogP contribution in [0.1, 0.15) is 31.8 Å². The Morgan fingerprint density at radius 1 is 0.654 bits per heavy atom. The van der Waals surface area contributed by atoms with Gasteiger partial charge in [-0.2, -0.15) is 0 Å². The van der Waals surface area contributed by atoms with Crippen LogP contribution in [0.5, 0.6) is 0 Å². The first-order valence-corrected chi connectivity index (χ1v) is 7.83. The predicted molar refractivity (Wildman–Crippen MR) is 98.2 cm³/mol. The number of aromatic carboxylic acids is 2. The van der Waals surface area contributed by atoms with Crippen LogP contribution in [0.2, 0.25) is 0 Å². The minimum atomic E-state index is -1.21. The van der Waals surface area contributed by atoms with Gasteiger partial charge >= 0.3 is 11.9 Å². The Kier molecular flexibility index (Phi) is 4.82. The van der Waals surface area contributed by atoms with Crippen LogP contribution in [0.25, 0.3) is 11.1 Å². The first kappa shape index (κ1) is 17.0. The molecule has 0 bridgehead atoms. The molecule has 0 saturated carbocycles. The number of hydrogen-bond acceptors (Lipinski definition) is 2. The van der Waals surface area contributed by atoms with Gasteiger partial charge < -0.3 is 10.2 Å². The standard InChI is InChI=1S/C22H14O4/c23-21(24)19-10-5-11-20(22(25)26)18(19)13-12-15-6-4-9-17(14-15)16-7-2-1-3-8-16/h1-11,14H,(H,23,24)(H,25,26). The summed E-state index contributed by atoms with van der Waals surface area (Å²) in [5, 5.41) is 18.6. The fourth-order valence-electron chi connectivity index (χ4n) is 2.59. The van der Waals surface area contributed by atoms with Crippen molar-refractivity contribution in [1.82, 2.24) is 0 Å². The van der Waals surface area contributed by atoms with Crippen molar-refractivity contribution in [1.29, 1.82) is 0 Å². The molecule has 3 aromatic carbocycles. The van der Waals surface area contributed by atoms with E-state index in [0.717, 1.165) is 11.1 Å². The Morgan fingerprint density at radius 2 is 1.23 bits per heavy atom. The maximum absolute atomic E-state index is 11.4. The van der Waals surface area contributed by atoms with Gasteiger partial charge in [0.15, 0.2) is 0 Å². The highest BCUT2D eigenvalue weighted by molar-refractivity contribution is 5.98. The monoisotopic (exact) mass is 342 g/mol. The van der Waals surface area contributed by atoms with E-state index in [4.69, 9.17) is 0 Å². The van der Waals surface area contributed by atoms with Crippen molar-refractivity contribution in [3.8, 4) is 23.0 Å². The highest BCUT2D eigenvalue weighted by atomic mass is 16.4. The molecule has 0 heterocycles. The first-order chi connectivity index (χ1) is 12.6. The minimum absolute atomic E-state index is 0.00221. The molecule has 0 aliphatic rings. The third-order valence-electron chi connectivity index (χ3n) is 3.83. The van der Waals surface area contributed by atoms with Gasteiger partial charge in [0.1, 0.15) is 0 Å². The second-order valence-corrected chi connectivity index (χ2v) is 5.54. The second-order valence-electron chi connectivity index (χ2n) is 5.54. The lowest BCUT2D eigenvalue weighted by molar-refractivity contribution is 0.0696. The zero-order valence-electron chi connectivity index (χ0n) is 13.6. The van der Waals surface area contributed by atoms with Crippen LogP contribution < -0.4 is 0 Å². The van der Waals surface area contributed by atoms with E-state index in [-0.39, 0.29) is 16.7 Å². The van der Waals surface area contributed by atoms with Crippen molar-refractivity contribution >= 4 is 11.9 Å². The van der Waals surface area contributed by atoms with Gasteiger partial charge in [-0.25, -0.2) is 9.59 Å². The number of hydrogen-bond donors (Lipinski definition) is 2. The Balaban J connectivity index is 2.06. The number of carboxylic acids is 2. The summed E-state index contributed by atoms with van der Waals surface area (Å²) in [4.78, 5) is 22.8. The highest BCUT2D eigenvalue weighted by Crippen LogP contribution is 2.20. The van der Waals surface area contributed by atoms with E-state index < -0.39 is 11.9 Å². The summed E-state index contributed by atoms with van der Waals surface area (Å²) < 4.78 is 0. The lowest BCUT2D eigenvalue weighted by atomic mass is 10.00. The lowest BCUT2D eigenvalue weighted by Crippen LogP contribution is -2.07. The molecule has 0 fully saturated rings. The number of carbonyl (C=O) groups is 2. The smallest absolute Gasteiger partial charge is 0.336 e. The molecule has 4 heteroatoms. The molecular formula is C22H14O4. The van der Waals surface area contributed by atoms with Gasteiger partial charge in [-0.1, -0.05) is 60.4 Å². The third kappa shape index (κ3) is 3.63. The SMILES string of the molecule is O=C(O)c1cccc(C(=O)O)c1C#Cc1cccc(-c2ccccc2)c1. The molecule has 0 aromatic heterocycles. The van der Waals surface area contributed by atoms with Gasteiger partial charge in [-0.05, 0) is 35.4 Å². The van der Waals surface area contributed by atoms with Crippen molar-refractivity contribution in [2.24, 2.45) is 0 Å². The Hall–Kier alpha value is -3.84. The van der Waals surface area contributed by atoms with Crippen molar-refractivity contribution in [3.63, 3.8) is 0 Å². The van der Waals surface area contributed by atoms with E-state index in [9.17, 15) is 19.8 Å². The van der Waals surface area contributed by atoms with E-state index in [1.165, 1.54) is 18.2 Å². The number of rotatable bonds is 3. The molecule has 3 rings (SSSR count). The van der Waals surface area contributed by atoms with E-state index in [1.807, 2.05) is 48.5 Å². The molecule has 0 saturated heterocycles. The summed E-state index contributed by atoms with van der Waals surface area (Å²) in [7, 11) is 0. The van der Waals surface area contributed by atoms with Gasteiger partial charge in [0.05, 0.1) is 16.7 Å². The molecular weight excluding hydrogens is 328 g/mol. The van der Waals surface area contributed by atoms with Crippen LogP contribution in [-0.2, 0) is 0 Å². The first-order valence-electron chi connectivity index (χ1n) is 7.83. The van der Waals surface area contributed by atoms with Crippen molar-refractivity contribution in [2.45, 2.75) is 0 Å². The van der Waals surface area contributed by atoms with E-state index >= 15 is 0 Å². The van der Waals surface area contributed by atoms with Crippen LogP contribution in [0.15, 0.2) is 72.8 Å². The van der Waals surface area contributed by atoms with Crippen molar-refractivity contribution < 1.29 is 19.8 Å². The zero-order chi connectivity index (χ0) is 18.5. The highest BCUT2D eigenvalue weighted by Gasteiger charge is 2.16. The van der Waals surface area contributed by atoms with E-state index in [2.05, 4.69) is 11.8 Å². The maximum atomic E-state index is 11.4. The van der Waals surface area contributed by atoms with Crippen molar-refractivity contribution in [2.75, 3.05) is 0 Å². The quantitative estimate of drug-likeness (QED) is 0.701. The molecule has 0 aliphatic carbocycles. The van der Waals surface area contributed by atoms with Crippen molar-refractivity contribution in [3.05, 3.63) is 95.1 Å². The molecule has 0 amide bonds. The van der Waals surface area contributed by atoms with Gasteiger partial charge in [0.2, 0.25) is 0 Å². The molecule has 2 N–H and O–H groups in total. The largest absolute Gasteiger partial charge is 0.478 e. The summed E-state index contributed by atoms with van der Waals surface area (Å²) in [5.41, 5.74) is 2.42. The van der Waals surface area contributed by atoms with Crippen LogP contribution in [-0.4, -0.2) is 22.2 Å². The maximum Gasteiger partial charge on any atom is 0.336 e. The van der Waals surface area contributed by atoms with Gasteiger partial charge in [0, 0.05) is 5.56 Å². The summed E-state index contributed by atoms with van der Waals surface area (Å²) in [6.07, 6.45) is 0.